The second-order valence-electron chi connectivity index (χ2n) is 9.15. The normalized spacial score (nSPS) is 27.8. The van der Waals surface area contributed by atoms with E-state index in [1.807, 2.05) is 20.8 Å². The van der Waals surface area contributed by atoms with E-state index < -0.39 is 48.4 Å². The van der Waals surface area contributed by atoms with Gasteiger partial charge in [0.05, 0.1) is 12.5 Å². The first kappa shape index (κ1) is 32.0. The highest BCUT2D eigenvalue weighted by atomic mass is 16.7. The molecule has 0 aromatic rings. The minimum Gasteiger partial charge on any atom is -0.457 e. The fourth-order valence-corrected chi connectivity index (χ4v) is 4.13. The van der Waals surface area contributed by atoms with Crippen LogP contribution in [0.4, 0.5) is 0 Å². The highest BCUT2D eigenvalue weighted by Crippen LogP contribution is 2.31. The predicted molar refractivity (Wildman–Crippen MR) is 134 cm³/mol. The lowest BCUT2D eigenvalue weighted by atomic mass is 9.89. The molecular formula is C27H44O9. The number of carbonyl (C=O) groups excluding carboxylic acids is 3. The van der Waals surface area contributed by atoms with E-state index in [0.717, 1.165) is 0 Å². The van der Waals surface area contributed by atoms with Crippen LogP contribution in [0.2, 0.25) is 0 Å². The standard InChI is InChI=1S/C27H44O9/c1-9-31-21(6)34-23-14-15-27(8,36-22(7)32-10-2)25(33-20(5)29)13-11-12-24(35-26(30)17-23)18(3)16-19(4)28/h11,13,16,21-25H,9-10,12,14-15,17H2,1-8H3. The van der Waals surface area contributed by atoms with Crippen LogP contribution in [0.3, 0.4) is 0 Å². The Morgan fingerprint density at radius 3 is 2.36 bits per heavy atom. The third-order valence-electron chi connectivity index (χ3n) is 5.75. The molecule has 0 fully saturated rings. The monoisotopic (exact) mass is 512 g/mol. The lowest BCUT2D eigenvalue weighted by Gasteiger charge is -2.38. The van der Waals surface area contributed by atoms with Crippen molar-refractivity contribution in [1.82, 2.24) is 0 Å². The highest BCUT2D eigenvalue weighted by Gasteiger charge is 2.39. The number of esters is 2. The highest BCUT2D eigenvalue weighted by molar-refractivity contribution is 5.88. The fourth-order valence-electron chi connectivity index (χ4n) is 4.13. The number of cyclic esters (lactones) is 1. The molecule has 0 aliphatic carbocycles. The zero-order valence-corrected chi connectivity index (χ0v) is 23.0. The predicted octanol–water partition coefficient (Wildman–Crippen LogP) is 4.42. The number of allylic oxidation sites excluding steroid dienone is 1. The molecule has 0 spiro atoms. The Hall–Kier alpha value is -2.07. The van der Waals surface area contributed by atoms with E-state index in [0.29, 0.717) is 31.6 Å². The second-order valence-corrected chi connectivity index (χ2v) is 9.15. The van der Waals surface area contributed by atoms with Gasteiger partial charge in [0.15, 0.2) is 18.4 Å². The number of ketones is 1. The van der Waals surface area contributed by atoms with Crippen LogP contribution < -0.4 is 0 Å². The van der Waals surface area contributed by atoms with Gasteiger partial charge in [0.1, 0.15) is 17.8 Å². The quantitative estimate of drug-likeness (QED) is 0.172. The molecule has 0 aromatic carbocycles. The summed E-state index contributed by atoms with van der Waals surface area (Å²) in [6.45, 7) is 14.6. The summed E-state index contributed by atoms with van der Waals surface area (Å²) < 4.78 is 34.9. The lowest BCUT2D eigenvalue weighted by molar-refractivity contribution is -0.230. The van der Waals surface area contributed by atoms with Gasteiger partial charge < -0.3 is 28.4 Å². The van der Waals surface area contributed by atoms with Crippen molar-refractivity contribution >= 4 is 17.7 Å². The Morgan fingerprint density at radius 2 is 1.78 bits per heavy atom. The van der Waals surface area contributed by atoms with E-state index in [9.17, 15) is 14.4 Å². The number of hydrogen-bond donors (Lipinski definition) is 0. The summed E-state index contributed by atoms with van der Waals surface area (Å²) in [7, 11) is 0. The van der Waals surface area contributed by atoms with Crippen molar-refractivity contribution in [2.24, 2.45) is 0 Å². The molecular weight excluding hydrogens is 468 g/mol. The first-order valence-electron chi connectivity index (χ1n) is 12.7. The molecule has 0 amide bonds. The van der Waals surface area contributed by atoms with Gasteiger partial charge >= 0.3 is 11.9 Å². The number of rotatable bonds is 11. The molecule has 1 aliphatic heterocycles. The van der Waals surface area contributed by atoms with E-state index in [1.54, 1.807) is 32.9 Å². The van der Waals surface area contributed by atoms with Crippen LogP contribution in [0.25, 0.3) is 0 Å². The van der Waals surface area contributed by atoms with E-state index >= 15 is 0 Å². The van der Waals surface area contributed by atoms with Crippen LogP contribution >= 0.6 is 0 Å². The van der Waals surface area contributed by atoms with Crippen LogP contribution in [0.1, 0.15) is 81.1 Å². The summed E-state index contributed by atoms with van der Waals surface area (Å²) in [4.78, 5) is 36.5. The Kier molecular flexibility index (Phi) is 14.1. The zero-order valence-electron chi connectivity index (χ0n) is 23.0. The number of ether oxygens (including phenoxy) is 6. The maximum absolute atomic E-state index is 12.9. The lowest BCUT2D eigenvalue weighted by Crippen LogP contribution is -2.47. The van der Waals surface area contributed by atoms with Gasteiger partial charge in [0, 0.05) is 26.6 Å². The van der Waals surface area contributed by atoms with Crippen LogP contribution in [0.15, 0.2) is 23.8 Å². The molecule has 0 saturated heterocycles. The summed E-state index contributed by atoms with van der Waals surface area (Å²) >= 11 is 0. The Balaban J connectivity index is 3.43. The van der Waals surface area contributed by atoms with Crippen molar-refractivity contribution in [3.05, 3.63) is 23.8 Å². The fraction of sp³-hybridized carbons (Fsp3) is 0.741. The smallest absolute Gasteiger partial charge is 0.309 e. The Bertz CT molecular complexity index is 775. The molecule has 9 nitrogen and oxygen atoms in total. The number of carbonyl (C=O) groups is 3. The molecule has 6 unspecified atom stereocenters. The maximum Gasteiger partial charge on any atom is 0.309 e. The largest absolute Gasteiger partial charge is 0.457 e. The van der Waals surface area contributed by atoms with E-state index in [4.69, 9.17) is 28.4 Å². The molecule has 0 bridgehead atoms. The topological polar surface area (TPSA) is 107 Å². The van der Waals surface area contributed by atoms with Crippen molar-refractivity contribution in [3.63, 3.8) is 0 Å². The first-order chi connectivity index (χ1) is 16.9. The van der Waals surface area contributed by atoms with Crippen LogP contribution in [0.5, 0.6) is 0 Å². The van der Waals surface area contributed by atoms with Gasteiger partial charge in [-0.2, -0.15) is 0 Å². The van der Waals surface area contributed by atoms with Crippen LogP contribution in [-0.4, -0.2) is 67.4 Å². The van der Waals surface area contributed by atoms with Gasteiger partial charge in [-0.3, -0.25) is 14.4 Å². The zero-order chi connectivity index (χ0) is 27.3. The molecule has 0 aromatic heterocycles. The molecule has 1 aliphatic rings. The molecule has 1 rings (SSSR count). The molecule has 206 valence electrons. The van der Waals surface area contributed by atoms with Crippen molar-refractivity contribution in [2.75, 3.05) is 13.2 Å². The van der Waals surface area contributed by atoms with Gasteiger partial charge in [-0.25, -0.2) is 0 Å². The molecule has 1 heterocycles. The van der Waals surface area contributed by atoms with Crippen molar-refractivity contribution in [1.29, 1.82) is 0 Å². The average Bonchev–Trinajstić information content (AvgIpc) is 2.75. The second kappa shape index (κ2) is 15.9. The molecule has 0 radical (unpaired) electrons. The van der Waals surface area contributed by atoms with Crippen molar-refractivity contribution in [2.45, 2.75) is 118 Å². The SMILES string of the molecule is CCOC(C)OC1CCC(C)(OC(C)OCC)C(OC(C)=O)C=CCC(C(C)=CC(C)=O)OC(=O)C1. The Labute approximate surface area is 215 Å². The van der Waals surface area contributed by atoms with E-state index in [1.165, 1.54) is 19.9 Å². The van der Waals surface area contributed by atoms with Gasteiger partial charge in [0.2, 0.25) is 0 Å². The molecule has 9 heteroatoms. The summed E-state index contributed by atoms with van der Waals surface area (Å²) in [5, 5.41) is 0. The van der Waals surface area contributed by atoms with Gasteiger partial charge in [-0.1, -0.05) is 6.08 Å². The van der Waals surface area contributed by atoms with Crippen LogP contribution in [0, 0.1) is 0 Å². The Morgan fingerprint density at radius 1 is 1.14 bits per heavy atom. The van der Waals surface area contributed by atoms with Crippen LogP contribution in [-0.2, 0) is 42.8 Å². The average molecular weight is 513 g/mol. The van der Waals surface area contributed by atoms with E-state index in [2.05, 4.69) is 0 Å². The minimum atomic E-state index is -0.976. The third-order valence-corrected chi connectivity index (χ3v) is 5.75. The summed E-state index contributed by atoms with van der Waals surface area (Å²) in [6.07, 6.45) is 3.02. The van der Waals surface area contributed by atoms with Gasteiger partial charge in [-0.05, 0) is 79.0 Å². The van der Waals surface area contributed by atoms with Crippen molar-refractivity contribution < 1.29 is 42.8 Å². The summed E-state index contributed by atoms with van der Waals surface area (Å²) in [5.74, 6) is -1.04. The molecule has 0 N–H and O–H groups in total. The molecule has 6 atom stereocenters. The first-order valence-corrected chi connectivity index (χ1v) is 12.7. The van der Waals surface area contributed by atoms with Gasteiger partial charge in [0.25, 0.3) is 0 Å². The minimum absolute atomic E-state index is 0.0136. The summed E-state index contributed by atoms with van der Waals surface area (Å²) in [5.41, 5.74) is -0.360. The maximum atomic E-state index is 12.9. The molecule has 36 heavy (non-hydrogen) atoms. The van der Waals surface area contributed by atoms with Gasteiger partial charge in [-0.15, -0.1) is 0 Å². The third kappa shape index (κ3) is 11.8. The van der Waals surface area contributed by atoms with E-state index in [-0.39, 0.29) is 18.6 Å². The van der Waals surface area contributed by atoms with Crippen molar-refractivity contribution in [3.8, 4) is 0 Å². The summed E-state index contributed by atoms with van der Waals surface area (Å²) in [6, 6.07) is 0. The number of hydrogen-bond acceptors (Lipinski definition) is 9. The molecule has 0 saturated carbocycles.